The highest BCUT2D eigenvalue weighted by Crippen LogP contribution is 2.48. The van der Waals surface area contributed by atoms with E-state index in [-0.39, 0.29) is 0 Å². The highest BCUT2D eigenvalue weighted by molar-refractivity contribution is 7.92. The van der Waals surface area contributed by atoms with Crippen molar-refractivity contribution in [3.05, 3.63) is 206 Å². The van der Waals surface area contributed by atoms with Gasteiger partial charge in [-0.05, 0) is 135 Å². The molecular weight excluding hydrogens is 821 g/mol. The van der Waals surface area contributed by atoms with Crippen LogP contribution in [0.4, 0.5) is 0 Å². The molecule has 0 saturated carbocycles. The van der Waals surface area contributed by atoms with Gasteiger partial charge in [-0.1, -0.05) is 115 Å². The molecule has 0 unspecified atom stereocenters. The molecule has 1 aliphatic rings. The Morgan fingerprint density at radius 1 is 0.359 bits per heavy atom. The summed E-state index contributed by atoms with van der Waals surface area (Å²) in [7, 11) is -3.69. The molecule has 0 spiro atoms. The Morgan fingerprint density at radius 3 is 1.64 bits per heavy atom. The van der Waals surface area contributed by atoms with Crippen LogP contribution >= 0.6 is 11.3 Å². The summed E-state index contributed by atoms with van der Waals surface area (Å²) in [6, 6.07) is 70.2. The minimum Gasteiger partial charge on any atom is -0.309 e. The van der Waals surface area contributed by atoms with E-state index in [0.29, 0.717) is 9.79 Å². The van der Waals surface area contributed by atoms with E-state index in [2.05, 4.69) is 184 Å². The lowest BCUT2D eigenvalue weighted by molar-refractivity contribution is 0.598. The number of sulfone groups is 1. The third-order valence-corrected chi connectivity index (χ3v) is 16.2. The number of hydrogen-bond acceptors (Lipinski definition) is 3. The first-order valence-electron chi connectivity index (χ1n) is 21.5. The van der Waals surface area contributed by atoms with Crippen LogP contribution in [0.25, 0.3) is 121 Å². The topological polar surface area (TPSA) is 43.5 Å². The van der Waals surface area contributed by atoms with Gasteiger partial charge in [-0.2, -0.15) is 0 Å². The minimum atomic E-state index is -3.69. The van der Waals surface area contributed by atoms with Gasteiger partial charge >= 0.3 is 0 Å². The molecule has 0 N–H and O–H groups in total. The molecule has 6 heteroatoms. The molecule has 0 bridgehead atoms. The Kier molecular flexibility index (Phi) is 7.34. The quantitative estimate of drug-likeness (QED) is 0.173. The van der Waals surface area contributed by atoms with Crippen LogP contribution in [0.15, 0.2) is 215 Å². The molecule has 4 nitrogen and oxygen atoms in total. The summed E-state index contributed by atoms with van der Waals surface area (Å²) in [4.78, 5) is 1.98. The van der Waals surface area contributed by atoms with Gasteiger partial charge in [0.15, 0.2) is 0 Å². The zero-order valence-electron chi connectivity index (χ0n) is 34.2. The van der Waals surface area contributed by atoms with Crippen LogP contribution in [-0.4, -0.2) is 17.4 Å². The first kappa shape index (κ1) is 35.8. The smallest absolute Gasteiger partial charge is 0.207 e. The second-order valence-electron chi connectivity index (χ2n) is 16.9. The van der Waals surface area contributed by atoms with Crippen molar-refractivity contribution in [2.75, 3.05) is 0 Å². The fourth-order valence-electron chi connectivity index (χ4n) is 10.6. The molecule has 9 aromatic carbocycles. The van der Waals surface area contributed by atoms with Gasteiger partial charge < -0.3 is 4.57 Å². The molecule has 0 radical (unpaired) electrons. The predicted molar refractivity (Wildman–Crippen MR) is 266 cm³/mol. The number of fused-ring (bicyclic) bond motifs is 12. The van der Waals surface area contributed by atoms with Crippen LogP contribution in [0, 0.1) is 0 Å². The van der Waals surface area contributed by atoms with E-state index in [4.69, 9.17) is 0 Å². The van der Waals surface area contributed by atoms with Crippen molar-refractivity contribution in [1.29, 1.82) is 0 Å². The van der Waals surface area contributed by atoms with E-state index >= 15 is 0 Å². The van der Waals surface area contributed by atoms with Gasteiger partial charge in [-0.25, -0.2) is 8.42 Å². The number of thiophene rings is 1. The predicted octanol–water partition coefficient (Wildman–Crippen LogP) is 15.5. The van der Waals surface area contributed by atoms with Crippen LogP contribution in [0.5, 0.6) is 0 Å². The average molecular weight is 855 g/mol. The van der Waals surface area contributed by atoms with Gasteiger partial charge in [-0.15, -0.1) is 11.3 Å². The molecule has 5 heterocycles. The summed E-state index contributed by atoms with van der Waals surface area (Å²) in [5, 5.41) is 9.63. The van der Waals surface area contributed by atoms with E-state index in [0.717, 1.165) is 61.2 Å². The van der Waals surface area contributed by atoms with Crippen molar-refractivity contribution in [2.45, 2.75) is 9.79 Å². The lowest BCUT2D eigenvalue weighted by atomic mass is 9.94. The largest absolute Gasteiger partial charge is 0.309 e. The van der Waals surface area contributed by atoms with E-state index in [1.165, 1.54) is 59.3 Å². The fourth-order valence-corrected chi connectivity index (χ4v) is 13.1. The molecule has 0 aliphatic carbocycles. The maximum atomic E-state index is 14.1. The van der Waals surface area contributed by atoms with Crippen molar-refractivity contribution in [2.24, 2.45) is 0 Å². The zero-order valence-corrected chi connectivity index (χ0v) is 35.8. The van der Waals surface area contributed by atoms with Gasteiger partial charge in [0.2, 0.25) is 9.84 Å². The lowest BCUT2D eigenvalue weighted by Crippen LogP contribution is -1.96. The van der Waals surface area contributed by atoms with E-state index in [1.54, 1.807) is 23.5 Å². The van der Waals surface area contributed by atoms with Crippen LogP contribution in [0.3, 0.4) is 0 Å². The maximum Gasteiger partial charge on any atom is 0.207 e. The van der Waals surface area contributed by atoms with Gasteiger partial charge in [0, 0.05) is 49.1 Å². The Morgan fingerprint density at radius 2 is 0.891 bits per heavy atom. The summed E-state index contributed by atoms with van der Waals surface area (Å²) in [6.45, 7) is 0. The normalized spacial score (nSPS) is 13.2. The number of hydrogen-bond donors (Lipinski definition) is 0. The molecule has 0 atom stereocenters. The Balaban J connectivity index is 0.861. The summed E-state index contributed by atoms with van der Waals surface area (Å²) < 4.78 is 32.9. The maximum absolute atomic E-state index is 14.1. The number of benzene rings is 9. The highest BCUT2D eigenvalue weighted by Gasteiger charge is 2.33. The van der Waals surface area contributed by atoms with Crippen molar-refractivity contribution in [1.82, 2.24) is 8.97 Å². The molecule has 0 amide bonds. The molecular formula is C58H34N2O2S2. The monoisotopic (exact) mass is 854 g/mol. The van der Waals surface area contributed by atoms with E-state index in [1.807, 2.05) is 18.2 Å². The summed E-state index contributed by atoms with van der Waals surface area (Å²) in [6.07, 6.45) is 0. The van der Waals surface area contributed by atoms with Crippen LogP contribution in [-0.2, 0) is 9.84 Å². The van der Waals surface area contributed by atoms with Gasteiger partial charge in [0.05, 0.1) is 31.9 Å². The van der Waals surface area contributed by atoms with Gasteiger partial charge in [-0.3, -0.25) is 4.40 Å². The standard InChI is InChI=1S/C58H34N2O2S2/c61-64(62)55-24-21-40(36-12-8-13-37(28-36)42-33-50-45-17-5-7-19-53(45)60-57(50)51(34-42)46-26-27-63-58(46)60)31-48(55)49-32-41(22-25-56(49)64)38-14-9-15-43(29-38)59-52-18-6-4-16-44(52)47-30-39(20-23-54(47)59)35-10-2-1-3-11-35/h1-34H. The second kappa shape index (κ2) is 13.1. The number of rotatable bonds is 5. The summed E-state index contributed by atoms with van der Waals surface area (Å²) in [5.41, 5.74) is 15.9. The molecule has 1 aliphatic heterocycles. The van der Waals surface area contributed by atoms with Gasteiger partial charge in [0.1, 0.15) is 4.83 Å². The van der Waals surface area contributed by atoms with Crippen LogP contribution in [0.2, 0.25) is 0 Å². The average Bonchev–Trinajstić information content (AvgIpc) is 4.15. The van der Waals surface area contributed by atoms with Crippen LogP contribution in [0.1, 0.15) is 0 Å². The van der Waals surface area contributed by atoms with Crippen molar-refractivity contribution in [3.8, 4) is 61.3 Å². The molecule has 0 saturated heterocycles. The number of nitrogens with zero attached hydrogens (tertiary/aromatic N) is 2. The van der Waals surface area contributed by atoms with Gasteiger partial charge in [0.25, 0.3) is 0 Å². The minimum absolute atomic E-state index is 0.350. The molecule has 4 aromatic heterocycles. The Labute approximate surface area is 372 Å². The molecule has 14 rings (SSSR count). The summed E-state index contributed by atoms with van der Waals surface area (Å²) >= 11 is 1.79. The first-order chi connectivity index (χ1) is 31.5. The van der Waals surface area contributed by atoms with E-state index < -0.39 is 9.84 Å². The third kappa shape index (κ3) is 5.00. The highest BCUT2D eigenvalue weighted by atomic mass is 32.2. The first-order valence-corrected chi connectivity index (χ1v) is 23.8. The molecule has 0 fully saturated rings. The molecule has 64 heavy (non-hydrogen) atoms. The van der Waals surface area contributed by atoms with E-state index in [9.17, 15) is 8.42 Å². The Hall–Kier alpha value is -7.77. The van der Waals surface area contributed by atoms with Crippen molar-refractivity contribution in [3.63, 3.8) is 0 Å². The second-order valence-corrected chi connectivity index (χ2v) is 19.7. The third-order valence-electron chi connectivity index (χ3n) is 13.5. The van der Waals surface area contributed by atoms with Crippen molar-refractivity contribution < 1.29 is 8.42 Å². The van der Waals surface area contributed by atoms with Crippen LogP contribution < -0.4 is 0 Å². The number of para-hydroxylation sites is 2. The molecule has 300 valence electrons. The summed E-state index contributed by atoms with van der Waals surface area (Å²) in [5.74, 6) is 0. The fraction of sp³-hybridized carbons (Fsp3) is 0. The zero-order chi connectivity index (χ0) is 42.3. The lowest BCUT2D eigenvalue weighted by Gasteiger charge is -2.12. The molecule has 13 aromatic rings. The Bertz CT molecular complexity index is 4210. The number of aromatic nitrogens is 2. The SMILES string of the molecule is O=S1(=O)c2ccc(-c3cccc(-c4cc5c6ccccc6n6c7sccc7c(c4)c56)c3)cc2-c2cc(-c3cccc(-n4c5ccccc5c5cc(-c6ccccc6)ccc54)c3)ccc21. The van der Waals surface area contributed by atoms with Crippen molar-refractivity contribution >= 4 is 80.4 Å².